The van der Waals surface area contributed by atoms with Crippen LogP contribution in [0.15, 0.2) is 12.2 Å². The van der Waals surface area contributed by atoms with Gasteiger partial charge in [0.25, 0.3) is 0 Å². The van der Waals surface area contributed by atoms with Crippen molar-refractivity contribution in [3.8, 4) is 0 Å². The molecule has 37 atom stereocenters. The normalized spacial score (nSPS) is 40.2. The molecule has 14 unspecified atom stereocenters. The van der Waals surface area contributed by atoms with Crippen LogP contribution in [0.2, 0.25) is 0 Å². The molecule has 2 amide bonds. The van der Waals surface area contributed by atoms with E-state index in [9.17, 15) is 117 Å². The molecule has 684 valence electrons. The Balaban J connectivity index is 1.04. The second-order valence-electron chi connectivity index (χ2n) is 32.0. The maximum absolute atomic E-state index is 13.5. The second kappa shape index (κ2) is 52.3. The quantitative estimate of drug-likeness (QED) is 0.0202. The van der Waals surface area contributed by atoms with E-state index in [0.717, 1.165) is 58.3 Å². The van der Waals surface area contributed by atoms with E-state index in [4.69, 9.17) is 66.3 Å². The molecule has 39 heteroatoms. The Bertz CT molecular complexity index is 2750. The minimum Gasteiger partial charge on any atom is -0.394 e. The van der Waals surface area contributed by atoms with Gasteiger partial charge in [-0.05, 0) is 26.2 Å². The zero-order valence-corrected chi connectivity index (χ0v) is 67.8. The first-order valence-electron chi connectivity index (χ1n) is 42.4. The lowest BCUT2D eigenvalue weighted by Crippen LogP contribution is -2.71. The fourth-order valence-corrected chi connectivity index (χ4v) is 15.7. The van der Waals surface area contributed by atoms with Crippen LogP contribution in [0.1, 0.15) is 195 Å². The highest BCUT2D eigenvalue weighted by Crippen LogP contribution is 2.40. The Kier molecular flexibility index (Phi) is 45.3. The molecule has 7 aliphatic rings. The SMILES string of the molecule is CCCCCCCCCCCCC/C=C/[C@@H](O)[C@H](CO[C@@H]1OC(CO)[C@@H](O[C@@H]2OC(CO)[C@H](O)[C@H](O[C@H]3OC(CO)[C@H](O)[C@H](O[C@@H]4OC(CO)[C@H](O)[C@H](O[C@@H]5OC(CO)[C@H](O)[C@H](O[C@H]6OC(CO)[C@H](O)[C@H](O)C6O)C5O[C@H]5OC(C)[C@@H](O)C(O)[C@@H]5O)C4NC(C)=O)C3O)C2O)[C@H](O)C1O)NC(=O)CCCCCCCCCCCCCCC. The van der Waals surface area contributed by atoms with Crippen LogP contribution < -0.4 is 10.6 Å². The average Bonchev–Trinajstić information content (AvgIpc) is 0.783. The smallest absolute Gasteiger partial charge is 0.220 e. The highest BCUT2D eigenvalue weighted by Gasteiger charge is 2.60. The van der Waals surface area contributed by atoms with Crippen LogP contribution in [0, 0.1) is 0 Å². The molecule has 0 radical (unpaired) electrons. The summed E-state index contributed by atoms with van der Waals surface area (Å²) in [6.07, 6.45) is -38.0. The fourth-order valence-electron chi connectivity index (χ4n) is 15.7. The van der Waals surface area contributed by atoms with Crippen LogP contribution in [0.4, 0.5) is 0 Å². The number of nitrogens with one attached hydrogen (secondary N) is 2. The summed E-state index contributed by atoms with van der Waals surface area (Å²) in [7, 11) is 0. The van der Waals surface area contributed by atoms with E-state index in [1.165, 1.54) is 103 Å². The summed E-state index contributed by atoms with van der Waals surface area (Å²) in [5.41, 5.74) is 0. The number of unbranched alkanes of at least 4 members (excludes halogenated alkanes) is 23. The van der Waals surface area contributed by atoms with Gasteiger partial charge in [0, 0.05) is 13.3 Å². The number of rotatable bonds is 51. The highest BCUT2D eigenvalue weighted by atomic mass is 16.8. The van der Waals surface area contributed by atoms with Gasteiger partial charge in [-0.25, -0.2) is 0 Å². The predicted octanol–water partition coefficient (Wildman–Crippen LogP) is -4.50. The van der Waals surface area contributed by atoms with Gasteiger partial charge in [0.05, 0.1) is 64.5 Å². The molecule has 7 heterocycles. The van der Waals surface area contributed by atoms with E-state index in [0.29, 0.717) is 12.8 Å². The summed E-state index contributed by atoms with van der Waals surface area (Å²) in [4.78, 5) is 26.8. The van der Waals surface area contributed by atoms with Crippen molar-refractivity contribution in [2.45, 2.75) is 422 Å². The van der Waals surface area contributed by atoms with E-state index >= 15 is 0 Å². The molecule has 0 aromatic heterocycles. The number of aliphatic hydroxyl groups is 21. The van der Waals surface area contributed by atoms with E-state index in [1.807, 2.05) is 6.08 Å². The molecule has 7 rings (SSSR count). The molecule has 39 nitrogen and oxygen atoms in total. The Morgan fingerprint density at radius 1 is 0.350 bits per heavy atom. The molecule has 0 spiro atoms. The van der Waals surface area contributed by atoms with Crippen LogP contribution >= 0.6 is 0 Å². The third kappa shape index (κ3) is 28.9. The third-order valence-corrected chi connectivity index (χ3v) is 22.9. The van der Waals surface area contributed by atoms with Gasteiger partial charge in [-0.3, -0.25) is 9.59 Å². The molecule has 0 bridgehead atoms. The summed E-state index contributed by atoms with van der Waals surface area (Å²) >= 11 is 0. The Hall–Kier alpha value is -2.72. The van der Waals surface area contributed by atoms with Gasteiger partial charge < -0.3 is 184 Å². The first kappa shape index (κ1) is 101. The summed E-state index contributed by atoms with van der Waals surface area (Å²) in [6, 6.07) is -3.05. The van der Waals surface area contributed by atoms with Crippen molar-refractivity contribution in [1.29, 1.82) is 0 Å². The number of ether oxygens (including phenoxy) is 14. The first-order valence-corrected chi connectivity index (χ1v) is 42.4. The van der Waals surface area contributed by atoms with Crippen LogP contribution in [0.3, 0.4) is 0 Å². The van der Waals surface area contributed by atoms with E-state index in [-0.39, 0.29) is 12.3 Å². The van der Waals surface area contributed by atoms with Gasteiger partial charge in [-0.15, -0.1) is 0 Å². The maximum Gasteiger partial charge on any atom is 0.220 e. The lowest BCUT2D eigenvalue weighted by atomic mass is 9.93. The van der Waals surface area contributed by atoms with E-state index in [2.05, 4.69) is 24.5 Å². The molecular weight excluding hydrogens is 1560 g/mol. The van der Waals surface area contributed by atoms with Crippen molar-refractivity contribution in [3.63, 3.8) is 0 Å². The fraction of sp³-hybridized carbons (Fsp3) is 0.949. The molecule has 0 aromatic rings. The zero-order chi connectivity index (χ0) is 85.6. The molecule has 117 heavy (non-hydrogen) atoms. The molecule has 7 aliphatic heterocycles. The Morgan fingerprint density at radius 3 is 1.18 bits per heavy atom. The number of carbonyl (C=O) groups excluding carboxylic acids is 2. The molecule has 0 saturated carbocycles. The highest BCUT2D eigenvalue weighted by molar-refractivity contribution is 5.76. The minimum absolute atomic E-state index is 0.160. The minimum atomic E-state index is -2.37. The van der Waals surface area contributed by atoms with Gasteiger partial charge in [-0.2, -0.15) is 0 Å². The van der Waals surface area contributed by atoms with Crippen molar-refractivity contribution in [2.24, 2.45) is 0 Å². The van der Waals surface area contributed by atoms with Gasteiger partial charge in [0.2, 0.25) is 11.8 Å². The van der Waals surface area contributed by atoms with Gasteiger partial charge in [0.15, 0.2) is 44.0 Å². The van der Waals surface area contributed by atoms with E-state index in [1.54, 1.807) is 6.08 Å². The average molecular weight is 1700 g/mol. The summed E-state index contributed by atoms with van der Waals surface area (Å²) in [5, 5.41) is 240. The van der Waals surface area contributed by atoms with Crippen molar-refractivity contribution in [1.82, 2.24) is 10.6 Å². The number of aliphatic hydroxyl groups excluding tert-OH is 21. The molecule has 0 aliphatic carbocycles. The lowest BCUT2D eigenvalue weighted by Gasteiger charge is -2.51. The van der Waals surface area contributed by atoms with Crippen LogP contribution in [-0.4, -0.2) is 392 Å². The molecule has 0 aromatic carbocycles. The molecule has 7 saturated heterocycles. The summed E-state index contributed by atoms with van der Waals surface area (Å²) in [6.45, 7) is -0.143. The second-order valence-corrected chi connectivity index (χ2v) is 32.0. The topological polar surface area (TPSA) is 612 Å². The molecule has 7 fully saturated rings. The Morgan fingerprint density at radius 2 is 0.701 bits per heavy atom. The van der Waals surface area contributed by atoms with Crippen LogP contribution in [-0.2, 0) is 75.9 Å². The van der Waals surface area contributed by atoms with Crippen LogP contribution in [0.5, 0.6) is 0 Å². The molecule has 23 N–H and O–H groups in total. The summed E-state index contributed by atoms with van der Waals surface area (Å²) < 4.78 is 83.4. The molecular formula is C78H140N2O37. The number of allylic oxidation sites excluding steroid dienone is 1. The van der Waals surface area contributed by atoms with Crippen molar-refractivity contribution < 1.29 is 183 Å². The monoisotopic (exact) mass is 1700 g/mol. The van der Waals surface area contributed by atoms with Crippen molar-refractivity contribution in [2.75, 3.05) is 46.2 Å². The van der Waals surface area contributed by atoms with Crippen molar-refractivity contribution in [3.05, 3.63) is 12.2 Å². The first-order chi connectivity index (χ1) is 56.1. The van der Waals surface area contributed by atoms with Gasteiger partial charge >= 0.3 is 0 Å². The maximum atomic E-state index is 13.5. The number of amides is 2. The van der Waals surface area contributed by atoms with E-state index < -0.39 is 279 Å². The number of carbonyl (C=O) groups is 2. The predicted molar refractivity (Wildman–Crippen MR) is 404 cm³/mol. The van der Waals surface area contributed by atoms with Gasteiger partial charge in [0.1, 0.15) is 165 Å². The van der Waals surface area contributed by atoms with Crippen molar-refractivity contribution >= 4 is 11.8 Å². The standard InChI is InChI=1S/C78H140N2O37/c1-5-7-9-11-13-15-17-19-21-23-25-27-29-31-43(88)42(80-50(89)32-30-28-26-24-22-20-18-16-14-12-10-8-6-2)39-104-73-63(101)60(98)66(49(38-86)111-73)112-76-65(103)69(56(94)47(36-84)108-76)115-77-64(102)68(55(93)46(35-83)109-77)114-72-51(79-41(4)87)67(54(92)45(34-82)106-72)113-78-71(117-74-61(99)58(96)52(90)40(3)105-74)70(57(95)48(37-85)110-78)116-75-62(100)59(97)53(91)44(33-81)107-75/h29,31,40,42-49,51-78,81-86,88,90-103H,5-28,30,32-39H2,1-4H3,(H,79,87)(H,80,89)/b31-29+/t40?,42-,43+,44?,45?,46?,47?,48?,49?,51?,52+,53-,54-,55-,56-,57-,58?,59-,60+,61-,62?,63?,64?,65?,66+,67+,68-,69-,70-,71?,72-,73+,74+,75+,76-,77+,78-/m0/s1. The van der Waals surface area contributed by atoms with Gasteiger partial charge in [-0.1, -0.05) is 167 Å². The largest absolute Gasteiger partial charge is 0.394 e. The summed E-state index contributed by atoms with van der Waals surface area (Å²) in [5.74, 6) is -1.31. The zero-order valence-electron chi connectivity index (χ0n) is 67.8. The third-order valence-electron chi connectivity index (χ3n) is 22.9. The lowest BCUT2D eigenvalue weighted by molar-refractivity contribution is -0.405. The Labute approximate surface area is 683 Å². The number of hydrogen-bond acceptors (Lipinski definition) is 37. The van der Waals surface area contributed by atoms with Crippen LogP contribution in [0.25, 0.3) is 0 Å². The number of hydrogen-bond donors (Lipinski definition) is 23.